The minimum absolute atomic E-state index is 0.201. The third-order valence-corrected chi connectivity index (χ3v) is 2.65. The Hall–Kier alpha value is -1.09. The Labute approximate surface area is 84.4 Å². The molecule has 14 heavy (non-hydrogen) atoms. The fourth-order valence-corrected chi connectivity index (χ4v) is 1.96. The van der Waals surface area contributed by atoms with E-state index < -0.39 is 0 Å². The Morgan fingerprint density at radius 2 is 2.14 bits per heavy atom. The van der Waals surface area contributed by atoms with Gasteiger partial charge >= 0.3 is 0 Å². The highest BCUT2D eigenvalue weighted by atomic mass is 16.2. The van der Waals surface area contributed by atoms with Crippen LogP contribution in [-0.2, 0) is 6.42 Å². The highest BCUT2D eigenvalue weighted by molar-refractivity contribution is 5.47. The summed E-state index contributed by atoms with van der Waals surface area (Å²) >= 11 is 0. The topological polar surface area (TPSA) is 36.4 Å². The van der Waals surface area contributed by atoms with Gasteiger partial charge in [-0.15, -0.1) is 0 Å². The first kappa shape index (κ1) is 9.46. The molecule has 3 nitrogen and oxygen atoms in total. The van der Waals surface area contributed by atoms with Gasteiger partial charge in [0.05, 0.1) is 0 Å². The van der Waals surface area contributed by atoms with Crippen LogP contribution in [0.5, 0.6) is 0 Å². The van der Waals surface area contributed by atoms with Crippen molar-refractivity contribution in [2.45, 2.75) is 19.3 Å². The van der Waals surface area contributed by atoms with E-state index in [-0.39, 0.29) is 6.61 Å². The summed E-state index contributed by atoms with van der Waals surface area (Å²) in [6.07, 6.45) is 5.05. The number of rotatable bonds is 3. The lowest BCUT2D eigenvalue weighted by molar-refractivity contribution is 0.299. The predicted molar refractivity (Wildman–Crippen MR) is 56.5 cm³/mol. The smallest absolute Gasteiger partial charge is 0.131 e. The minimum Gasteiger partial charge on any atom is -0.396 e. The molecule has 1 aromatic rings. The molecule has 2 heterocycles. The van der Waals surface area contributed by atoms with Gasteiger partial charge in [-0.05, 0) is 30.9 Å². The molecular formula is C11H16N2O. The summed E-state index contributed by atoms with van der Waals surface area (Å²) in [5.74, 6) is 1.07. The predicted octanol–water partition coefficient (Wildman–Crippen LogP) is 1.22. The Bertz CT molecular complexity index is 295. The van der Waals surface area contributed by atoms with Gasteiger partial charge in [0.25, 0.3) is 0 Å². The molecular weight excluding hydrogens is 176 g/mol. The average Bonchev–Trinajstić information content (AvgIpc) is 2.72. The molecule has 0 aromatic carbocycles. The monoisotopic (exact) mass is 192 g/mol. The second-order valence-corrected chi connectivity index (χ2v) is 3.65. The van der Waals surface area contributed by atoms with E-state index in [0.717, 1.165) is 24.5 Å². The van der Waals surface area contributed by atoms with Crippen molar-refractivity contribution < 1.29 is 5.11 Å². The summed E-state index contributed by atoms with van der Waals surface area (Å²) in [7, 11) is 0. The van der Waals surface area contributed by atoms with Crippen molar-refractivity contribution in [1.82, 2.24) is 4.98 Å². The molecule has 0 radical (unpaired) electrons. The van der Waals surface area contributed by atoms with Gasteiger partial charge in [0.1, 0.15) is 5.82 Å². The second-order valence-electron chi connectivity index (χ2n) is 3.65. The first-order valence-corrected chi connectivity index (χ1v) is 5.21. The molecule has 0 unspecified atom stereocenters. The van der Waals surface area contributed by atoms with E-state index in [9.17, 15) is 0 Å². The number of pyridine rings is 1. The van der Waals surface area contributed by atoms with E-state index in [1.807, 2.05) is 12.3 Å². The molecule has 76 valence electrons. The lowest BCUT2D eigenvalue weighted by atomic mass is 10.2. The molecule has 0 bridgehead atoms. The van der Waals surface area contributed by atoms with Gasteiger partial charge in [-0.25, -0.2) is 4.98 Å². The quantitative estimate of drug-likeness (QED) is 0.782. The maximum Gasteiger partial charge on any atom is 0.131 e. The molecule has 1 aliphatic heterocycles. The molecule has 1 aliphatic rings. The van der Waals surface area contributed by atoms with Gasteiger partial charge in [-0.3, -0.25) is 0 Å². The minimum atomic E-state index is 0.201. The standard InChI is InChI=1S/C11H16N2O/c14-9-5-10-4-3-6-12-11(10)13-7-1-2-8-13/h3-4,6,14H,1-2,5,7-9H2. The average molecular weight is 192 g/mol. The third kappa shape index (κ3) is 1.87. The zero-order valence-corrected chi connectivity index (χ0v) is 8.32. The normalized spacial score (nSPS) is 16.2. The van der Waals surface area contributed by atoms with E-state index in [1.54, 1.807) is 0 Å². The van der Waals surface area contributed by atoms with Crippen LogP contribution in [0.15, 0.2) is 18.3 Å². The molecule has 0 aliphatic carbocycles. The van der Waals surface area contributed by atoms with Crippen molar-refractivity contribution in [2.75, 3.05) is 24.6 Å². The van der Waals surface area contributed by atoms with Crippen LogP contribution < -0.4 is 4.90 Å². The maximum atomic E-state index is 8.94. The lowest BCUT2D eigenvalue weighted by Crippen LogP contribution is -2.20. The Kier molecular flexibility index (Phi) is 2.99. The molecule has 0 atom stereocenters. The number of hydrogen-bond acceptors (Lipinski definition) is 3. The number of hydrogen-bond donors (Lipinski definition) is 1. The summed E-state index contributed by atoms with van der Waals surface area (Å²) < 4.78 is 0. The van der Waals surface area contributed by atoms with E-state index in [0.29, 0.717) is 6.42 Å². The van der Waals surface area contributed by atoms with Crippen molar-refractivity contribution in [3.8, 4) is 0 Å². The van der Waals surface area contributed by atoms with Gasteiger partial charge in [-0.1, -0.05) is 6.07 Å². The Morgan fingerprint density at radius 3 is 2.86 bits per heavy atom. The van der Waals surface area contributed by atoms with Crippen LogP contribution in [0.1, 0.15) is 18.4 Å². The van der Waals surface area contributed by atoms with E-state index >= 15 is 0 Å². The molecule has 1 aromatic heterocycles. The SMILES string of the molecule is OCCc1cccnc1N1CCCC1. The molecule has 0 saturated carbocycles. The van der Waals surface area contributed by atoms with Crippen molar-refractivity contribution in [3.63, 3.8) is 0 Å². The van der Waals surface area contributed by atoms with Gasteiger partial charge in [0.2, 0.25) is 0 Å². The van der Waals surface area contributed by atoms with Gasteiger partial charge < -0.3 is 10.0 Å². The van der Waals surface area contributed by atoms with E-state index in [1.165, 1.54) is 12.8 Å². The number of aromatic nitrogens is 1. The fraction of sp³-hybridized carbons (Fsp3) is 0.545. The van der Waals surface area contributed by atoms with Crippen LogP contribution >= 0.6 is 0 Å². The summed E-state index contributed by atoms with van der Waals surface area (Å²) in [6, 6.07) is 3.99. The molecule has 3 heteroatoms. The van der Waals surface area contributed by atoms with Crippen molar-refractivity contribution in [2.24, 2.45) is 0 Å². The molecule has 1 N–H and O–H groups in total. The van der Waals surface area contributed by atoms with Crippen LogP contribution in [0, 0.1) is 0 Å². The van der Waals surface area contributed by atoms with Gasteiger partial charge in [0, 0.05) is 25.9 Å². The molecule has 1 fully saturated rings. The zero-order valence-electron chi connectivity index (χ0n) is 8.32. The third-order valence-electron chi connectivity index (χ3n) is 2.65. The molecule has 2 rings (SSSR count). The summed E-state index contributed by atoms with van der Waals surface area (Å²) in [6.45, 7) is 2.41. The fourth-order valence-electron chi connectivity index (χ4n) is 1.96. The van der Waals surface area contributed by atoms with Crippen LogP contribution in [0.4, 0.5) is 5.82 Å². The number of nitrogens with zero attached hydrogens (tertiary/aromatic N) is 2. The maximum absolute atomic E-state index is 8.94. The van der Waals surface area contributed by atoms with Gasteiger partial charge in [0.15, 0.2) is 0 Å². The summed E-state index contributed by atoms with van der Waals surface area (Å²) in [5, 5.41) is 8.94. The first-order chi connectivity index (χ1) is 6.92. The number of aliphatic hydroxyl groups excluding tert-OH is 1. The molecule has 0 amide bonds. The molecule has 1 saturated heterocycles. The zero-order chi connectivity index (χ0) is 9.80. The second kappa shape index (κ2) is 4.42. The number of anilines is 1. The van der Waals surface area contributed by atoms with Crippen molar-refractivity contribution in [1.29, 1.82) is 0 Å². The largest absolute Gasteiger partial charge is 0.396 e. The van der Waals surface area contributed by atoms with Crippen LogP contribution in [0.25, 0.3) is 0 Å². The lowest BCUT2D eigenvalue weighted by Gasteiger charge is -2.19. The van der Waals surface area contributed by atoms with Gasteiger partial charge in [-0.2, -0.15) is 0 Å². The van der Waals surface area contributed by atoms with Crippen molar-refractivity contribution >= 4 is 5.82 Å². The van der Waals surface area contributed by atoms with E-state index in [2.05, 4.69) is 16.0 Å². The first-order valence-electron chi connectivity index (χ1n) is 5.21. The van der Waals surface area contributed by atoms with Crippen LogP contribution in [0.3, 0.4) is 0 Å². The Balaban J connectivity index is 2.21. The number of aliphatic hydroxyl groups is 1. The summed E-state index contributed by atoms with van der Waals surface area (Å²) in [5.41, 5.74) is 1.16. The highest BCUT2D eigenvalue weighted by Gasteiger charge is 2.15. The molecule has 0 spiro atoms. The van der Waals surface area contributed by atoms with Crippen molar-refractivity contribution in [3.05, 3.63) is 23.9 Å². The summed E-state index contributed by atoms with van der Waals surface area (Å²) in [4.78, 5) is 6.70. The van der Waals surface area contributed by atoms with Crippen LogP contribution in [-0.4, -0.2) is 29.8 Å². The Morgan fingerprint density at radius 1 is 1.36 bits per heavy atom. The van der Waals surface area contributed by atoms with E-state index in [4.69, 9.17) is 5.11 Å². The highest BCUT2D eigenvalue weighted by Crippen LogP contribution is 2.21. The van der Waals surface area contributed by atoms with Crippen LogP contribution in [0.2, 0.25) is 0 Å².